The molecule has 8 heteroatoms. The number of hydrogen-bond donors (Lipinski definition) is 1. The Bertz CT molecular complexity index is 713. The molecule has 116 valence electrons. The highest BCUT2D eigenvalue weighted by Crippen LogP contribution is 2.26. The van der Waals surface area contributed by atoms with Crippen molar-refractivity contribution >= 4 is 35.5 Å². The largest absolute Gasteiger partial charge is 0.449 e. The van der Waals surface area contributed by atoms with Gasteiger partial charge >= 0.3 is 6.09 Å². The van der Waals surface area contributed by atoms with E-state index in [0.29, 0.717) is 27.1 Å². The minimum Gasteiger partial charge on any atom is -0.449 e. The summed E-state index contributed by atoms with van der Waals surface area (Å²) < 4.78 is 6.21. The second-order valence-electron chi connectivity index (χ2n) is 4.24. The average Bonchev–Trinajstić information content (AvgIpc) is 2.76. The van der Waals surface area contributed by atoms with Crippen LogP contribution in [0.4, 0.5) is 4.79 Å². The molecule has 1 aromatic heterocycles. The summed E-state index contributed by atoms with van der Waals surface area (Å²) in [5.74, 6) is 0. The van der Waals surface area contributed by atoms with Crippen molar-refractivity contribution in [2.75, 3.05) is 6.61 Å². The predicted octanol–water partition coefficient (Wildman–Crippen LogP) is 3.57. The zero-order valence-electron chi connectivity index (χ0n) is 12.0. The van der Waals surface area contributed by atoms with Crippen LogP contribution in [0.5, 0.6) is 0 Å². The fourth-order valence-corrected chi connectivity index (χ4v) is 2.28. The Hall–Kier alpha value is -2.05. The first kappa shape index (κ1) is 16.3. The predicted molar refractivity (Wildman–Crippen MR) is 86.1 cm³/mol. The summed E-state index contributed by atoms with van der Waals surface area (Å²) in [5, 5.41) is 9.01. The fourth-order valence-electron chi connectivity index (χ4n) is 1.75. The second kappa shape index (κ2) is 7.29. The molecule has 0 aliphatic carbocycles. The van der Waals surface area contributed by atoms with Crippen LogP contribution >= 0.6 is 23.2 Å². The van der Waals surface area contributed by atoms with E-state index in [2.05, 4.69) is 15.6 Å². The number of aromatic nitrogens is 2. The Labute approximate surface area is 137 Å². The summed E-state index contributed by atoms with van der Waals surface area (Å²) in [6.07, 6.45) is 0.778. The van der Waals surface area contributed by atoms with Crippen molar-refractivity contribution in [1.29, 1.82) is 0 Å². The number of rotatable bonds is 4. The van der Waals surface area contributed by atoms with E-state index in [0.717, 1.165) is 0 Å². The quantitative estimate of drug-likeness (QED) is 0.683. The molecule has 0 aliphatic rings. The Balaban J connectivity index is 2.27. The van der Waals surface area contributed by atoms with Gasteiger partial charge in [-0.3, -0.25) is 0 Å². The highest BCUT2D eigenvalue weighted by atomic mass is 35.5. The molecule has 0 saturated carbocycles. The van der Waals surface area contributed by atoms with Crippen molar-refractivity contribution in [2.45, 2.75) is 13.8 Å². The molecule has 0 bridgehead atoms. The highest BCUT2D eigenvalue weighted by molar-refractivity contribution is 6.34. The summed E-state index contributed by atoms with van der Waals surface area (Å²) >= 11 is 12.5. The van der Waals surface area contributed by atoms with Gasteiger partial charge in [-0.05, 0) is 26.0 Å². The number of nitrogens with one attached hydrogen (secondary N) is 1. The molecule has 2 rings (SSSR count). The molecule has 1 N–H and O–H groups in total. The first-order valence-corrected chi connectivity index (χ1v) is 7.26. The smallest absolute Gasteiger partial charge is 0.427 e. The van der Waals surface area contributed by atoms with Crippen LogP contribution in [-0.4, -0.2) is 28.7 Å². The average molecular weight is 341 g/mol. The van der Waals surface area contributed by atoms with Gasteiger partial charge in [-0.15, -0.1) is 0 Å². The Kier molecular flexibility index (Phi) is 5.41. The van der Waals surface area contributed by atoms with Crippen molar-refractivity contribution in [3.8, 4) is 5.69 Å². The van der Waals surface area contributed by atoms with Gasteiger partial charge in [0.25, 0.3) is 0 Å². The van der Waals surface area contributed by atoms with Gasteiger partial charge in [-0.1, -0.05) is 35.3 Å². The molecule has 6 nitrogen and oxygen atoms in total. The molecular formula is C14H14Cl2N4O2. The van der Waals surface area contributed by atoms with E-state index in [1.54, 1.807) is 26.0 Å². The third-order valence-electron chi connectivity index (χ3n) is 2.75. The Morgan fingerprint density at radius 2 is 2.18 bits per heavy atom. The molecule has 1 heterocycles. The molecule has 22 heavy (non-hydrogen) atoms. The molecule has 0 fully saturated rings. The Morgan fingerprint density at radius 1 is 1.45 bits per heavy atom. The van der Waals surface area contributed by atoms with E-state index >= 15 is 0 Å². The van der Waals surface area contributed by atoms with Gasteiger partial charge in [0.05, 0.1) is 34.8 Å². The molecule has 0 saturated heterocycles. The monoisotopic (exact) mass is 340 g/mol. The van der Waals surface area contributed by atoms with Gasteiger partial charge in [0.15, 0.2) is 0 Å². The number of ether oxygens (including phenoxy) is 1. The maximum atomic E-state index is 11.2. The number of amides is 1. The number of carbonyl (C=O) groups excluding carboxylic acids is 1. The van der Waals surface area contributed by atoms with Gasteiger partial charge in [0.2, 0.25) is 0 Å². The van der Waals surface area contributed by atoms with Gasteiger partial charge in [-0.25, -0.2) is 14.9 Å². The first-order valence-electron chi connectivity index (χ1n) is 6.50. The molecular weight excluding hydrogens is 327 g/mol. The second-order valence-corrected chi connectivity index (χ2v) is 5.01. The zero-order valence-corrected chi connectivity index (χ0v) is 13.5. The molecule has 2 aromatic rings. The fraction of sp³-hybridized carbons (Fsp3) is 0.214. The van der Waals surface area contributed by atoms with E-state index in [1.807, 2.05) is 12.1 Å². The lowest BCUT2D eigenvalue weighted by Gasteiger charge is -2.04. The van der Waals surface area contributed by atoms with E-state index in [-0.39, 0.29) is 6.61 Å². The maximum Gasteiger partial charge on any atom is 0.427 e. The van der Waals surface area contributed by atoms with Crippen LogP contribution in [0.25, 0.3) is 5.69 Å². The van der Waals surface area contributed by atoms with E-state index in [9.17, 15) is 4.79 Å². The molecule has 0 atom stereocenters. The lowest BCUT2D eigenvalue weighted by Crippen LogP contribution is -2.18. The summed E-state index contributed by atoms with van der Waals surface area (Å²) in [5.41, 5.74) is 4.13. The number of nitrogens with zero attached hydrogens (tertiary/aromatic N) is 3. The van der Waals surface area contributed by atoms with Gasteiger partial charge in [0.1, 0.15) is 5.15 Å². The van der Waals surface area contributed by atoms with Crippen LogP contribution in [0.15, 0.2) is 29.4 Å². The standard InChI is InChI=1S/C14H14Cl2N4O2/c1-3-22-14(21)18-17-8-10-9(2)19-20(13(10)16)12-7-5-4-6-11(12)15/h4-8H,3H2,1-2H3,(H,18,21)/b17-8+. The van der Waals surface area contributed by atoms with Crippen molar-refractivity contribution in [2.24, 2.45) is 5.10 Å². The molecule has 1 aromatic carbocycles. The van der Waals surface area contributed by atoms with Crippen LogP contribution in [-0.2, 0) is 4.74 Å². The molecule has 0 aliphatic heterocycles. The first-order chi connectivity index (χ1) is 10.5. The number of aryl methyl sites for hydroxylation is 1. The van der Waals surface area contributed by atoms with Gasteiger partial charge in [0, 0.05) is 0 Å². The normalized spacial score (nSPS) is 10.9. The summed E-state index contributed by atoms with van der Waals surface area (Å²) in [4.78, 5) is 11.2. The van der Waals surface area contributed by atoms with E-state index < -0.39 is 6.09 Å². The minimum absolute atomic E-state index is 0.269. The molecule has 1 amide bonds. The topological polar surface area (TPSA) is 68.5 Å². The van der Waals surface area contributed by atoms with Crippen LogP contribution < -0.4 is 5.43 Å². The number of halogens is 2. The van der Waals surface area contributed by atoms with Crippen molar-refractivity contribution in [3.05, 3.63) is 45.7 Å². The molecule has 0 unspecified atom stereocenters. The third kappa shape index (κ3) is 3.58. The lowest BCUT2D eigenvalue weighted by molar-refractivity contribution is 0.152. The van der Waals surface area contributed by atoms with Gasteiger partial charge < -0.3 is 4.74 Å². The third-order valence-corrected chi connectivity index (χ3v) is 3.44. The summed E-state index contributed by atoms with van der Waals surface area (Å²) in [6.45, 7) is 3.76. The highest BCUT2D eigenvalue weighted by Gasteiger charge is 2.15. The van der Waals surface area contributed by atoms with Crippen molar-refractivity contribution < 1.29 is 9.53 Å². The number of para-hydroxylation sites is 1. The molecule has 0 radical (unpaired) electrons. The minimum atomic E-state index is -0.633. The number of hydrogen-bond acceptors (Lipinski definition) is 4. The zero-order chi connectivity index (χ0) is 16.1. The van der Waals surface area contributed by atoms with Gasteiger partial charge in [-0.2, -0.15) is 10.2 Å². The number of benzene rings is 1. The maximum absolute atomic E-state index is 11.2. The van der Waals surface area contributed by atoms with Crippen molar-refractivity contribution in [1.82, 2.24) is 15.2 Å². The summed E-state index contributed by atoms with van der Waals surface area (Å²) in [6, 6.07) is 7.21. The van der Waals surface area contributed by atoms with Crippen molar-refractivity contribution in [3.63, 3.8) is 0 Å². The Morgan fingerprint density at radius 3 is 2.86 bits per heavy atom. The van der Waals surface area contributed by atoms with Crippen LogP contribution in [0, 0.1) is 6.92 Å². The van der Waals surface area contributed by atoms with Crippen LogP contribution in [0.1, 0.15) is 18.2 Å². The summed E-state index contributed by atoms with van der Waals surface area (Å²) in [7, 11) is 0. The number of hydrazone groups is 1. The lowest BCUT2D eigenvalue weighted by atomic mass is 10.3. The number of carbonyl (C=O) groups is 1. The molecule has 0 spiro atoms. The van der Waals surface area contributed by atoms with E-state index in [1.165, 1.54) is 10.9 Å². The van der Waals surface area contributed by atoms with Crippen LogP contribution in [0.2, 0.25) is 10.2 Å². The van der Waals surface area contributed by atoms with E-state index in [4.69, 9.17) is 27.9 Å². The SMILES string of the molecule is CCOC(=O)N/N=C/c1c(C)nn(-c2ccccc2Cl)c1Cl. The van der Waals surface area contributed by atoms with Crippen LogP contribution in [0.3, 0.4) is 0 Å².